The van der Waals surface area contributed by atoms with Gasteiger partial charge in [0.2, 0.25) is 5.91 Å². The molecule has 0 aliphatic carbocycles. The van der Waals surface area contributed by atoms with Gasteiger partial charge < -0.3 is 0 Å². The quantitative estimate of drug-likeness (QED) is 0.829. The summed E-state index contributed by atoms with van der Waals surface area (Å²) in [5, 5.41) is 0.960. The van der Waals surface area contributed by atoms with Crippen molar-refractivity contribution in [3.8, 4) is 0 Å². The number of hydrogen-bond donors (Lipinski definition) is 0. The number of anilines is 1. The van der Waals surface area contributed by atoms with Crippen LogP contribution in [0.3, 0.4) is 0 Å². The summed E-state index contributed by atoms with van der Waals surface area (Å²) in [4.78, 5) is 23.0. The van der Waals surface area contributed by atoms with Gasteiger partial charge in [-0.3, -0.25) is 9.69 Å². The highest BCUT2D eigenvalue weighted by Crippen LogP contribution is 2.28. The zero-order valence-electron chi connectivity index (χ0n) is 11.3. The molecule has 19 heavy (non-hydrogen) atoms. The Morgan fingerprint density at radius 2 is 2.00 bits per heavy atom. The van der Waals surface area contributed by atoms with Crippen LogP contribution in [0.4, 0.5) is 5.82 Å². The number of aromatic nitrogens is 2. The second-order valence-electron chi connectivity index (χ2n) is 5.23. The summed E-state index contributed by atoms with van der Waals surface area (Å²) in [6.07, 6.45) is 1.53. The molecule has 3 rings (SSSR count). The monoisotopic (exact) mass is 255 g/mol. The molecule has 4 heteroatoms. The number of amides is 1. The van der Waals surface area contributed by atoms with E-state index in [1.54, 1.807) is 4.90 Å². The summed E-state index contributed by atoms with van der Waals surface area (Å²) in [5.41, 5.74) is 0.913. The van der Waals surface area contributed by atoms with Crippen molar-refractivity contribution in [1.82, 2.24) is 9.97 Å². The molecule has 98 valence electrons. The van der Waals surface area contributed by atoms with Crippen molar-refractivity contribution in [3.05, 3.63) is 30.1 Å². The van der Waals surface area contributed by atoms with Crippen LogP contribution in [0.2, 0.25) is 0 Å². The molecule has 1 fully saturated rings. The van der Waals surface area contributed by atoms with Crippen LogP contribution in [0.5, 0.6) is 0 Å². The third-order valence-electron chi connectivity index (χ3n) is 3.45. The number of nitrogens with zero attached hydrogens (tertiary/aromatic N) is 3. The van der Waals surface area contributed by atoms with E-state index >= 15 is 0 Å². The number of fused-ring (bicyclic) bond motifs is 1. The van der Waals surface area contributed by atoms with Gasteiger partial charge >= 0.3 is 0 Å². The van der Waals surface area contributed by atoms with Crippen LogP contribution in [-0.2, 0) is 4.79 Å². The maximum Gasteiger partial charge on any atom is 0.228 e. The van der Waals surface area contributed by atoms with Gasteiger partial charge in [0.1, 0.15) is 11.6 Å². The molecule has 1 aromatic carbocycles. The number of para-hydroxylation sites is 1. The Morgan fingerprint density at radius 1 is 1.21 bits per heavy atom. The van der Waals surface area contributed by atoms with Gasteiger partial charge in [-0.15, -0.1) is 0 Å². The average molecular weight is 255 g/mol. The maximum atomic E-state index is 12.0. The van der Waals surface area contributed by atoms with Crippen molar-refractivity contribution in [3.63, 3.8) is 0 Å². The van der Waals surface area contributed by atoms with E-state index < -0.39 is 0 Å². The van der Waals surface area contributed by atoms with Gasteiger partial charge in [0.15, 0.2) is 0 Å². The molecule has 1 aliphatic heterocycles. The second-order valence-corrected chi connectivity index (χ2v) is 5.23. The zero-order valence-corrected chi connectivity index (χ0v) is 11.3. The van der Waals surface area contributed by atoms with Gasteiger partial charge in [0.25, 0.3) is 0 Å². The normalized spacial score (nSPS) is 15.7. The molecule has 2 aromatic rings. The van der Waals surface area contributed by atoms with E-state index in [4.69, 9.17) is 0 Å². The third kappa shape index (κ3) is 2.07. The number of carbonyl (C=O) groups excluding carboxylic acids is 1. The summed E-state index contributed by atoms with van der Waals surface area (Å²) in [6.45, 7) is 4.90. The van der Waals surface area contributed by atoms with Crippen LogP contribution in [0.25, 0.3) is 10.9 Å². The molecule has 0 bridgehead atoms. The Balaban J connectivity index is 2.23. The molecule has 0 radical (unpaired) electrons. The Bertz CT molecular complexity index is 636. The maximum absolute atomic E-state index is 12.0. The first kappa shape index (κ1) is 12.1. The van der Waals surface area contributed by atoms with E-state index in [0.717, 1.165) is 35.5 Å². The topological polar surface area (TPSA) is 46.1 Å². The molecule has 0 unspecified atom stereocenters. The van der Waals surface area contributed by atoms with Gasteiger partial charge in [-0.1, -0.05) is 26.0 Å². The number of rotatable bonds is 2. The molecule has 1 amide bonds. The molecule has 1 aliphatic rings. The minimum absolute atomic E-state index is 0.165. The molecule has 0 spiro atoms. The third-order valence-corrected chi connectivity index (χ3v) is 3.45. The summed E-state index contributed by atoms with van der Waals surface area (Å²) < 4.78 is 0. The molecule has 2 heterocycles. The van der Waals surface area contributed by atoms with Crippen LogP contribution in [0, 0.1) is 0 Å². The lowest BCUT2D eigenvalue weighted by molar-refractivity contribution is -0.117. The van der Waals surface area contributed by atoms with E-state index in [1.807, 2.05) is 24.3 Å². The van der Waals surface area contributed by atoms with Crippen LogP contribution in [-0.4, -0.2) is 22.4 Å². The van der Waals surface area contributed by atoms with Crippen molar-refractivity contribution in [2.45, 2.75) is 32.6 Å². The Labute approximate surface area is 112 Å². The molecule has 4 nitrogen and oxygen atoms in total. The van der Waals surface area contributed by atoms with Gasteiger partial charge in [-0.2, -0.15) is 0 Å². The molecular weight excluding hydrogens is 238 g/mol. The standard InChI is InChI=1S/C15H17N3O/c1-10(2)14-16-12-7-4-3-6-11(12)15(17-14)18-9-5-8-13(18)19/h3-4,6-7,10H,5,8-9H2,1-2H3. The van der Waals surface area contributed by atoms with Gasteiger partial charge in [0, 0.05) is 24.3 Å². The largest absolute Gasteiger partial charge is 0.296 e. The van der Waals surface area contributed by atoms with E-state index in [0.29, 0.717) is 6.42 Å². The van der Waals surface area contributed by atoms with Gasteiger partial charge in [-0.05, 0) is 18.6 Å². The Hall–Kier alpha value is -1.97. The summed E-state index contributed by atoms with van der Waals surface area (Å²) in [5.74, 6) is 1.99. The van der Waals surface area contributed by atoms with E-state index in [-0.39, 0.29) is 11.8 Å². The Morgan fingerprint density at radius 3 is 2.68 bits per heavy atom. The highest BCUT2D eigenvalue weighted by Gasteiger charge is 2.25. The number of hydrogen-bond acceptors (Lipinski definition) is 3. The second kappa shape index (κ2) is 4.61. The van der Waals surface area contributed by atoms with E-state index in [9.17, 15) is 4.79 Å². The van der Waals surface area contributed by atoms with Crippen LogP contribution < -0.4 is 4.90 Å². The van der Waals surface area contributed by atoms with Crippen molar-refractivity contribution >= 4 is 22.6 Å². The number of carbonyl (C=O) groups is 1. The summed E-state index contributed by atoms with van der Waals surface area (Å²) in [6, 6.07) is 7.90. The van der Waals surface area contributed by atoms with Crippen LogP contribution >= 0.6 is 0 Å². The molecule has 1 saturated heterocycles. The predicted molar refractivity (Wildman–Crippen MR) is 75.2 cm³/mol. The lowest BCUT2D eigenvalue weighted by Crippen LogP contribution is -2.25. The first-order valence-electron chi connectivity index (χ1n) is 6.74. The highest BCUT2D eigenvalue weighted by atomic mass is 16.2. The SMILES string of the molecule is CC(C)c1nc(N2CCCC2=O)c2ccccc2n1. The van der Waals surface area contributed by atoms with Crippen molar-refractivity contribution in [2.75, 3.05) is 11.4 Å². The molecule has 0 atom stereocenters. The smallest absolute Gasteiger partial charge is 0.228 e. The first-order chi connectivity index (χ1) is 9.16. The minimum atomic E-state index is 0.165. The predicted octanol–water partition coefficient (Wildman–Crippen LogP) is 2.88. The molecule has 0 N–H and O–H groups in total. The number of benzene rings is 1. The minimum Gasteiger partial charge on any atom is -0.296 e. The van der Waals surface area contributed by atoms with Crippen LogP contribution in [0.1, 0.15) is 38.4 Å². The fourth-order valence-electron chi connectivity index (χ4n) is 2.41. The van der Waals surface area contributed by atoms with Crippen molar-refractivity contribution < 1.29 is 4.79 Å². The van der Waals surface area contributed by atoms with E-state index in [2.05, 4.69) is 23.8 Å². The van der Waals surface area contributed by atoms with Crippen LogP contribution in [0.15, 0.2) is 24.3 Å². The summed E-state index contributed by atoms with van der Waals surface area (Å²) >= 11 is 0. The van der Waals surface area contributed by atoms with Gasteiger partial charge in [0.05, 0.1) is 5.52 Å². The highest BCUT2D eigenvalue weighted by molar-refractivity contribution is 6.02. The van der Waals surface area contributed by atoms with E-state index in [1.165, 1.54) is 0 Å². The Kier molecular flexibility index (Phi) is 2.93. The molecule has 1 aromatic heterocycles. The van der Waals surface area contributed by atoms with Gasteiger partial charge in [-0.25, -0.2) is 9.97 Å². The average Bonchev–Trinajstić information content (AvgIpc) is 2.83. The lowest BCUT2D eigenvalue weighted by Gasteiger charge is -2.18. The molecule has 0 saturated carbocycles. The first-order valence-corrected chi connectivity index (χ1v) is 6.74. The lowest BCUT2D eigenvalue weighted by atomic mass is 10.1. The zero-order chi connectivity index (χ0) is 13.4. The summed E-state index contributed by atoms with van der Waals surface area (Å²) in [7, 11) is 0. The van der Waals surface area contributed by atoms with Crippen molar-refractivity contribution in [2.24, 2.45) is 0 Å². The fourth-order valence-corrected chi connectivity index (χ4v) is 2.41. The fraction of sp³-hybridized carbons (Fsp3) is 0.400. The van der Waals surface area contributed by atoms with Crippen molar-refractivity contribution in [1.29, 1.82) is 0 Å². The molecular formula is C15H17N3O.